The second kappa shape index (κ2) is 62.0. The number of amides is 9. The van der Waals surface area contributed by atoms with E-state index in [4.69, 9.17) is 60.0 Å². The zero-order chi connectivity index (χ0) is 101. The van der Waals surface area contributed by atoms with E-state index in [1.807, 2.05) is 75.1 Å². The average Bonchev–Trinajstić information content (AvgIpc) is 1.66. The molecule has 0 bridgehead atoms. The maximum atomic E-state index is 12.2. The molecule has 7 aromatic rings. The standard InChI is InChI=1S/C27H34N4O5S.C19H23N3O3S2.C18H15N3O5.C17H17N5O2.C12H9N5.C2HF3O2/c28-13-3-5-20-9-11-21(12-10-20)23(32)6-4-15-35-17-18-36-16-14-29-25(33)8-2-1-7-24-26-22(19-37-24)30-27(34)31-26;1-19(2,3)25-18(24)22-12-14-27-26-13-11-21-17(23)16-8-6-15(7-9-16)5-4-10-20;19-12-2-3-13-6-8-14(9-7-13)20-15(22)4-1-5-18(25)26-21-16(23)10-11-17(21)24;1-17(2,3)24-16(23)19-11-14-12-22(21-20-14)15-8-6-13(7-9-15)5-4-10-18;13-7-1-2-10-3-5-12(6-4-10)17-9-11(8-14)15-16-17;3-2(4,5)1(6)7/h9-12,22,24,26H,1-2,4,6-8,14-19H2,(H,29,33)(H2,30,31,34);6-9H,11-14H2,1-3H3,(H,21,23)(H,22,24);6-9H,1,4-5,10-11H2,(H,20,22);6-9,12H,11H2,1-3H3,(H,19,23);3-6,9H,8,14H2;(H,6,7)/t22-,24?,26-;;;;;/m0...../s1. The first kappa shape index (κ1) is 113. The van der Waals surface area contributed by atoms with Crippen molar-refractivity contribution in [2.45, 2.75) is 160 Å². The Balaban J connectivity index is 0.000000304. The number of hydrogen-bond donors (Lipinski definition) is 8. The van der Waals surface area contributed by atoms with Gasteiger partial charge in [-0.3, -0.25) is 28.8 Å². The molecule has 1 unspecified atom stereocenters. The van der Waals surface area contributed by atoms with Crippen molar-refractivity contribution in [1.82, 2.24) is 67.0 Å². The SMILES string of the molecule is CC(C)(C)OC(=O)NCCSSCCNC(=O)c1ccc(C#CC#N)cc1.CC(C)(C)OC(=O)NCc1cn(-c2ccc(C#CC#N)cc2)nn1.N#CC#Cc1ccc(-n2cc(C[NH3+])nn2)cc1.N#CC#Cc1ccc(C(=O)CCCOCCOCCNC(=O)CCCCC2SC[C@@H]3NC(=O)N[C@H]23)cc1.N#CC#Cc1ccc(NC(=O)CCCC(=O)ON2C(=O)CCC2=O)cc1.O=C([O-])C(F)(F)F. The van der Waals surface area contributed by atoms with Crippen molar-refractivity contribution in [2.24, 2.45) is 0 Å². The van der Waals surface area contributed by atoms with Crippen LogP contribution in [0.4, 0.5) is 33.2 Å². The van der Waals surface area contributed by atoms with Gasteiger partial charge in [0.25, 0.3) is 17.7 Å². The summed E-state index contributed by atoms with van der Waals surface area (Å²) in [5, 5.41) is 87.3. The number of halogens is 3. The molecular formula is C95H99F3N20O17S3. The lowest BCUT2D eigenvalue weighted by molar-refractivity contribution is -0.387. The summed E-state index contributed by atoms with van der Waals surface area (Å²) >= 11 is 1.89. The predicted octanol–water partition coefficient (Wildman–Crippen LogP) is 8.23. The van der Waals surface area contributed by atoms with Crippen LogP contribution in [-0.2, 0) is 65.6 Å². The molecule has 0 spiro atoms. The topological polar surface area (TPSA) is 552 Å². The number of nitriles is 5. The number of carboxylic acids is 1. The van der Waals surface area contributed by atoms with Gasteiger partial charge in [-0.05, 0) is 176 Å². The van der Waals surface area contributed by atoms with Gasteiger partial charge in [0, 0.05) is 162 Å². The normalized spacial score (nSPS) is 13.2. The molecule has 10 N–H and O–H groups in total. The number of imide groups is 1. The van der Waals surface area contributed by atoms with E-state index in [0.29, 0.717) is 121 Å². The minimum atomic E-state index is -5.19. The lowest BCUT2D eigenvalue weighted by Crippen LogP contribution is -2.47. The molecule has 720 valence electrons. The molecule has 9 amide bonds. The van der Waals surface area contributed by atoms with Crippen molar-refractivity contribution in [2.75, 3.05) is 68.6 Å². The maximum Gasteiger partial charge on any atom is 0.430 e. The number of hydrogen-bond acceptors (Lipinski definition) is 29. The van der Waals surface area contributed by atoms with Crippen molar-refractivity contribution in [3.05, 3.63) is 184 Å². The Morgan fingerprint density at radius 2 is 0.978 bits per heavy atom. The summed E-state index contributed by atoms with van der Waals surface area (Å²) in [6.07, 6.45) is 2.04. The second-order valence-corrected chi connectivity index (χ2v) is 34.6. The summed E-state index contributed by atoms with van der Waals surface area (Å²) in [5.74, 6) is 22.3. The van der Waals surface area contributed by atoms with Gasteiger partial charge in [0.05, 0.1) is 62.2 Å². The molecule has 43 heteroatoms. The molecule has 5 heterocycles. The van der Waals surface area contributed by atoms with Crippen molar-refractivity contribution >= 4 is 105 Å². The third-order valence-corrected chi connectivity index (χ3v) is 21.5. The van der Waals surface area contributed by atoms with Crippen LogP contribution in [0.5, 0.6) is 0 Å². The number of thioether (sulfide) groups is 1. The summed E-state index contributed by atoms with van der Waals surface area (Å²) in [4.78, 5) is 130. The first-order valence-corrected chi connectivity index (χ1v) is 45.9. The van der Waals surface area contributed by atoms with Crippen LogP contribution < -0.4 is 48.1 Å². The van der Waals surface area contributed by atoms with Crippen LogP contribution in [0.1, 0.15) is 172 Å². The minimum absolute atomic E-state index is 0.0297. The van der Waals surface area contributed by atoms with Crippen LogP contribution in [0.3, 0.4) is 0 Å². The van der Waals surface area contributed by atoms with E-state index in [1.165, 1.54) is 0 Å². The number of quaternary nitrogens is 1. The smallest absolute Gasteiger partial charge is 0.430 e. The maximum absolute atomic E-state index is 12.2. The van der Waals surface area contributed by atoms with Crippen LogP contribution in [0.15, 0.2) is 134 Å². The highest BCUT2D eigenvalue weighted by Crippen LogP contribution is 2.33. The molecular weight excluding hydrogens is 1850 g/mol. The summed E-state index contributed by atoms with van der Waals surface area (Å²) < 4.78 is 56.1. The van der Waals surface area contributed by atoms with Crippen LogP contribution in [0.2, 0.25) is 0 Å². The quantitative estimate of drug-likeness (QED) is 0.00463. The molecule has 5 aromatic carbocycles. The minimum Gasteiger partial charge on any atom is -0.542 e. The van der Waals surface area contributed by atoms with Gasteiger partial charge >= 0.3 is 30.4 Å². The number of Topliss-reactive ketones (excluding diaryl/α,β-unsaturated/α-hetero) is 1. The number of aliphatic carboxylic acids is 1. The summed E-state index contributed by atoms with van der Waals surface area (Å²) in [7, 11) is 3.25. The Labute approximate surface area is 807 Å². The number of carbonyl (C=O) groups excluding carboxylic acids is 11. The lowest BCUT2D eigenvalue weighted by Gasteiger charge is -2.19. The van der Waals surface area contributed by atoms with Gasteiger partial charge in [0.15, 0.2) is 36.1 Å². The van der Waals surface area contributed by atoms with Crippen molar-refractivity contribution < 1.29 is 101 Å². The Morgan fingerprint density at radius 1 is 0.529 bits per heavy atom. The number of hydroxylamine groups is 2. The second-order valence-electron chi connectivity index (χ2n) is 30.6. The van der Waals surface area contributed by atoms with Gasteiger partial charge in [-0.2, -0.15) is 51.2 Å². The van der Waals surface area contributed by atoms with E-state index in [-0.39, 0.29) is 80.3 Å². The number of urea groups is 1. The number of aromatic nitrogens is 6. The molecule has 3 aliphatic heterocycles. The van der Waals surface area contributed by atoms with Gasteiger partial charge in [-0.25, -0.2) is 28.5 Å². The van der Waals surface area contributed by atoms with E-state index in [9.17, 15) is 61.1 Å². The van der Waals surface area contributed by atoms with E-state index >= 15 is 0 Å². The van der Waals surface area contributed by atoms with Gasteiger partial charge in [0.1, 0.15) is 35.1 Å². The van der Waals surface area contributed by atoms with Gasteiger partial charge in [0.2, 0.25) is 11.8 Å². The van der Waals surface area contributed by atoms with E-state index in [1.54, 1.807) is 173 Å². The molecule has 3 aliphatic rings. The number of fused-ring (bicyclic) bond motifs is 1. The van der Waals surface area contributed by atoms with Crippen LogP contribution in [0, 0.1) is 116 Å². The lowest BCUT2D eigenvalue weighted by atomic mass is 10.0. The molecule has 37 nitrogen and oxygen atoms in total. The molecule has 0 saturated carbocycles. The third kappa shape index (κ3) is 47.3. The predicted molar refractivity (Wildman–Crippen MR) is 499 cm³/mol. The Morgan fingerprint density at radius 3 is 1.46 bits per heavy atom. The molecule has 3 atom stereocenters. The molecule has 138 heavy (non-hydrogen) atoms. The number of rotatable bonds is 35. The fourth-order valence-electron chi connectivity index (χ4n) is 11.3. The highest BCUT2D eigenvalue weighted by molar-refractivity contribution is 8.76. The van der Waals surface area contributed by atoms with Crippen molar-refractivity contribution in [1.29, 1.82) is 26.3 Å². The molecule has 10 rings (SSSR count). The molecule has 2 aromatic heterocycles. The van der Waals surface area contributed by atoms with Gasteiger partial charge < -0.3 is 76.6 Å². The van der Waals surface area contributed by atoms with Gasteiger partial charge in [-0.1, -0.05) is 80.2 Å². The van der Waals surface area contributed by atoms with Crippen LogP contribution in [-0.4, -0.2) is 199 Å². The first-order chi connectivity index (χ1) is 66.0. The Hall–Kier alpha value is -15.7. The van der Waals surface area contributed by atoms with E-state index in [2.05, 4.69) is 123 Å². The van der Waals surface area contributed by atoms with Crippen molar-refractivity contribution in [3.63, 3.8) is 0 Å². The van der Waals surface area contributed by atoms with Gasteiger partial charge in [-0.15, -0.1) is 15.3 Å². The summed E-state index contributed by atoms with van der Waals surface area (Å²) in [6, 6.07) is 44.1. The monoisotopic (exact) mass is 1940 g/mol. The highest BCUT2D eigenvalue weighted by atomic mass is 33.1. The van der Waals surface area contributed by atoms with Crippen LogP contribution in [0.25, 0.3) is 11.4 Å². The highest BCUT2D eigenvalue weighted by Gasteiger charge is 2.42. The number of ketones is 1. The van der Waals surface area contributed by atoms with Crippen LogP contribution >= 0.6 is 33.3 Å². The molecule has 0 aliphatic carbocycles. The molecule has 0 radical (unpaired) electrons. The van der Waals surface area contributed by atoms with Crippen molar-refractivity contribution in [3.8, 4) is 101 Å². The van der Waals surface area contributed by atoms with E-state index < -0.39 is 53.3 Å². The average molecular weight is 1950 g/mol. The largest absolute Gasteiger partial charge is 0.542 e. The third-order valence-electron chi connectivity index (χ3n) is 17.6. The number of carboxylic acid groups (broad SMARTS) is 1. The zero-order valence-corrected chi connectivity index (χ0v) is 78.5. The number of carbonyl (C=O) groups is 11. The van der Waals surface area contributed by atoms with E-state index in [0.717, 1.165) is 64.7 Å². The summed E-state index contributed by atoms with van der Waals surface area (Å²) in [6.45, 7) is 15.0. The Kier molecular flexibility index (Phi) is 50.7. The fourth-order valence-corrected chi connectivity index (χ4v) is 14.6. The number of ether oxygens (including phenoxy) is 4. The number of anilines is 1. The number of nitrogens with zero attached hydrogens (tertiary/aromatic N) is 12. The number of alkyl carbamates (subject to hydrolysis) is 2. The zero-order valence-electron chi connectivity index (χ0n) is 76.1. The number of benzene rings is 5. The number of unbranched alkanes of at least 4 members (excludes halogenated alkanes) is 1. The Bertz CT molecular complexity index is 5820. The summed E-state index contributed by atoms with van der Waals surface area (Å²) in [5.41, 5.74) is 11.2. The number of alkyl halides is 3. The molecule has 3 fully saturated rings. The molecule has 3 saturated heterocycles. The number of nitrogens with one attached hydrogen (secondary N) is 7. The first-order valence-electron chi connectivity index (χ1n) is 42.4. The fraction of sp³-hybridized carbons (Fsp3) is 0.368.